The van der Waals surface area contributed by atoms with E-state index in [1.165, 1.54) is 6.20 Å². The van der Waals surface area contributed by atoms with Crippen molar-refractivity contribution < 1.29 is 14.3 Å². The number of nitrogens with zero attached hydrogens (tertiary/aromatic N) is 3. The molecule has 0 radical (unpaired) electrons. The van der Waals surface area contributed by atoms with Gasteiger partial charge in [-0.25, -0.2) is 4.98 Å². The summed E-state index contributed by atoms with van der Waals surface area (Å²) in [6, 6.07) is 14.6. The number of carbonyl (C=O) groups is 2. The average molecular weight is 481 g/mol. The van der Waals surface area contributed by atoms with Gasteiger partial charge in [-0.15, -0.1) is 0 Å². The molecule has 3 N–H and O–H groups in total. The van der Waals surface area contributed by atoms with Crippen LogP contribution in [0.5, 0.6) is 0 Å². The van der Waals surface area contributed by atoms with Crippen LogP contribution in [0.4, 0.5) is 23.1 Å². The first-order chi connectivity index (χ1) is 16.5. The smallest absolute Gasteiger partial charge is 0.253 e. The number of aromatic nitrogens is 2. The molecule has 0 atom stereocenters. The van der Waals surface area contributed by atoms with Crippen LogP contribution < -0.4 is 16.0 Å². The lowest BCUT2D eigenvalue weighted by Crippen LogP contribution is -2.41. The lowest BCUT2D eigenvalue weighted by molar-refractivity contribution is -0.134. The standard InChI is InChI=1S/C24H25ClN6O3/c1-26-23(33)18-4-2-3-5-20(18)29-22-19(25)15-27-24(30-22)28-17-8-6-16(7-9-17)14-21(32)31-10-12-34-13-11-31/h2-9,15H,10-14H2,1H3,(H,26,33)(H2,27,28,29,30). The van der Waals surface area contributed by atoms with Gasteiger partial charge < -0.3 is 25.6 Å². The highest BCUT2D eigenvalue weighted by Crippen LogP contribution is 2.27. The van der Waals surface area contributed by atoms with Gasteiger partial charge in [-0.05, 0) is 29.8 Å². The van der Waals surface area contributed by atoms with Crippen LogP contribution >= 0.6 is 11.6 Å². The van der Waals surface area contributed by atoms with Gasteiger partial charge in [-0.1, -0.05) is 35.9 Å². The van der Waals surface area contributed by atoms with Gasteiger partial charge in [-0.3, -0.25) is 9.59 Å². The van der Waals surface area contributed by atoms with Crippen LogP contribution in [-0.4, -0.2) is 60.0 Å². The molecule has 34 heavy (non-hydrogen) atoms. The summed E-state index contributed by atoms with van der Waals surface area (Å²) in [7, 11) is 1.57. The Morgan fingerprint density at radius 3 is 2.53 bits per heavy atom. The van der Waals surface area contributed by atoms with E-state index in [2.05, 4.69) is 25.9 Å². The van der Waals surface area contributed by atoms with Crippen molar-refractivity contribution in [1.82, 2.24) is 20.2 Å². The highest BCUT2D eigenvalue weighted by atomic mass is 35.5. The van der Waals surface area contributed by atoms with Gasteiger partial charge in [0, 0.05) is 25.8 Å². The Morgan fingerprint density at radius 1 is 1.06 bits per heavy atom. The van der Waals surface area contributed by atoms with E-state index in [0.29, 0.717) is 60.8 Å². The molecule has 3 aromatic rings. The number of rotatable bonds is 7. The summed E-state index contributed by atoms with van der Waals surface area (Å²) >= 11 is 6.29. The van der Waals surface area contributed by atoms with Crippen LogP contribution in [0, 0.1) is 0 Å². The third kappa shape index (κ3) is 5.81. The maximum Gasteiger partial charge on any atom is 0.253 e. The minimum Gasteiger partial charge on any atom is -0.378 e. The lowest BCUT2D eigenvalue weighted by atomic mass is 10.1. The molecular weight excluding hydrogens is 456 g/mol. The first kappa shape index (κ1) is 23.5. The molecule has 10 heteroatoms. The molecule has 2 heterocycles. The molecule has 0 saturated carbocycles. The van der Waals surface area contributed by atoms with Crippen LogP contribution in [0.25, 0.3) is 0 Å². The zero-order valence-electron chi connectivity index (χ0n) is 18.7. The molecule has 1 aliphatic rings. The topological polar surface area (TPSA) is 108 Å². The van der Waals surface area contributed by atoms with E-state index in [9.17, 15) is 9.59 Å². The van der Waals surface area contributed by atoms with Gasteiger partial charge in [0.2, 0.25) is 11.9 Å². The Kier molecular flexibility index (Phi) is 7.56. The summed E-state index contributed by atoms with van der Waals surface area (Å²) in [5, 5.41) is 9.18. The Labute approximate surface area is 202 Å². The quantitative estimate of drug-likeness (QED) is 0.475. The number of ether oxygens (including phenoxy) is 1. The van der Waals surface area contributed by atoms with E-state index in [0.717, 1.165) is 11.3 Å². The van der Waals surface area contributed by atoms with Crippen molar-refractivity contribution in [1.29, 1.82) is 0 Å². The molecule has 0 bridgehead atoms. The predicted molar refractivity (Wildman–Crippen MR) is 131 cm³/mol. The number of hydrogen-bond acceptors (Lipinski definition) is 7. The summed E-state index contributed by atoms with van der Waals surface area (Å²) in [5.74, 6) is 0.571. The number of anilines is 4. The zero-order chi connectivity index (χ0) is 23.9. The molecule has 4 rings (SSSR count). The second kappa shape index (κ2) is 11.0. The minimum atomic E-state index is -0.223. The summed E-state index contributed by atoms with van der Waals surface area (Å²) in [5.41, 5.74) is 2.73. The maximum atomic E-state index is 12.4. The molecule has 1 saturated heterocycles. The molecule has 1 aliphatic heterocycles. The van der Waals surface area contributed by atoms with Crippen LogP contribution in [0.3, 0.4) is 0 Å². The highest BCUT2D eigenvalue weighted by molar-refractivity contribution is 6.33. The highest BCUT2D eigenvalue weighted by Gasteiger charge is 2.17. The number of nitrogens with one attached hydrogen (secondary N) is 3. The maximum absolute atomic E-state index is 12.4. The van der Waals surface area contributed by atoms with E-state index < -0.39 is 0 Å². The Balaban J connectivity index is 1.43. The van der Waals surface area contributed by atoms with Crippen LogP contribution in [0.2, 0.25) is 5.02 Å². The lowest BCUT2D eigenvalue weighted by Gasteiger charge is -2.26. The third-order valence-electron chi connectivity index (χ3n) is 5.33. The number of carbonyl (C=O) groups excluding carboxylic acids is 2. The normalized spacial score (nSPS) is 13.3. The fraction of sp³-hybridized carbons (Fsp3) is 0.250. The van der Waals surface area contributed by atoms with E-state index in [-0.39, 0.29) is 11.8 Å². The molecule has 2 aromatic carbocycles. The number of para-hydroxylation sites is 1. The van der Waals surface area contributed by atoms with Gasteiger partial charge in [0.25, 0.3) is 5.91 Å². The van der Waals surface area contributed by atoms with E-state index in [1.54, 1.807) is 25.2 Å². The fourth-order valence-electron chi connectivity index (χ4n) is 3.50. The number of benzene rings is 2. The minimum absolute atomic E-state index is 0.0952. The van der Waals surface area contributed by atoms with Crippen molar-refractivity contribution in [3.8, 4) is 0 Å². The number of amides is 2. The molecule has 1 aromatic heterocycles. The Hall–Kier alpha value is -3.69. The number of hydrogen-bond donors (Lipinski definition) is 3. The monoisotopic (exact) mass is 480 g/mol. The first-order valence-corrected chi connectivity index (χ1v) is 11.2. The summed E-state index contributed by atoms with van der Waals surface area (Å²) in [6.07, 6.45) is 1.83. The van der Waals surface area contributed by atoms with Gasteiger partial charge in [0.05, 0.1) is 37.1 Å². The van der Waals surface area contributed by atoms with Crippen molar-refractivity contribution in [2.24, 2.45) is 0 Å². The molecule has 1 fully saturated rings. The van der Waals surface area contributed by atoms with Gasteiger partial charge in [0.15, 0.2) is 5.82 Å². The van der Waals surface area contributed by atoms with E-state index >= 15 is 0 Å². The predicted octanol–water partition coefficient (Wildman–Crippen LogP) is 3.38. The molecule has 0 aliphatic carbocycles. The van der Waals surface area contributed by atoms with Crippen LogP contribution in [-0.2, 0) is 16.0 Å². The molecule has 0 unspecified atom stereocenters. The van der Waals surface area contributed by atoms with Crippen LogP contribution in [0.1, 0.15) is 15.9 Å². The average Bonchev–Trinajstić information content (AvgIpc) is 2.87. The second-order valence-electron chi connectivity index (χ2n) is 7.63. The summed E-state index contributed by atoms with van der Waals surface area (Å²) < 4.78 is 5.30. The van der Waals surface area contributed by atoms with Crippen molar-refractivity contribution in [3.05, 3.63) is 70.9 Å². The number of morpholine rings is 1. The van der Waals surface area contributed by atoms with Crippen molar-refractivity contribution in [2.45, 2.75) is 6.42 Å². The van der Waals surface area contributed by atoms with E-state index in [4.69, 9.17) is 16.3 Å². The van der Waals surface area contributed by atoms with Crippen LogP contribution in [0.15, 0.2) is 54.7 Å². The third-order valence-corrected chi connectivity index (χ3v) is 5.60. The molecule has 0 spiro atoms. The molecule has 176 valence electrons. The largest absolute Gasteiger partial charge is 0.378 e. The van der Waals surface area contributed by atoms with Crippen molar-refractivity contribution in [2.75, 3.05) is 44.0 Å². The molecule has 9 nitrogen and oxygen atoms in total. The van der Waals surface area contributed by atoms with Crippen molar-refractivity contribution >= 4 is 46.6 Å². The van der Waals surface area contributed by atoms with Gasteiger partial charge in [-0.2, -0.15) is 4.98 Å². The van der Waals surface area contributed by atoms with E-state index in [1.807, 2.05) is 35.2 Å². The first-order valence-electron chi connectivity index (χ1n) is 10.9. The Morgan fingerprint density at radius 2 is 1.79 bits per heavy atom. The molecule has 2 amide bonds. The molecular formula is C24H25ClN6O3. The second-order valence-corrected chi connectivity index (χ2v) is 8.04. The van der Waals surface area contributed by atoms with Gasteiger partial charge in [0.1, 0.15) is 5.02 Å². The SMILES string of the molecule is CNC(=O)c1ccccc1Nc1nc(Nc2ccc(CC(=O)N3CCOCC3)cc2)ncc1Cl. The summed E-state index contributed by atoms with van der Waals surface area (Å²) in [6.45, 7) is 2.44. The Bertz CT molecular complexity index is 1170. The fourth-order valence-corrected chi connectivity index (χ4v) is 3.64. The zero-order valence-corrected chi connectivity index (χ0v) is 19.4. The van der Waals surface area contributed by atoms with Gasteiger partial charge >= 0.3 is 0 Å². The van der Waals surface area contributed by atoms with Crippen molar-refractivity contribution in [3.63, 3.8) is 0 Å². The number of halogens is 1. The summed E-state index contributed by atoms with van der Waals surface area (Å²) in [4.78, 5) is 35.1.